The van der Waals surface area contributed by atoms with Gasteiger partial charge in [0.2, 0.25) is 0 Å². The van der Waals surface area contributed by atoms with Crippen molar-refractivity contribution in [2.45, 2.75) is 6.42 Å². The normalized spacial score (nSPS) is 14.2. The molecular weight excluding hydrogens is 394 g/mol. The number of carbonyl (C=O) groups is 1. The number of fused-ring (bicyclic) bond motifs is 1. The van der Waals surface area contributed by atoms with E-state index < -0.39 is 0 Å². The molecule has 5 rings (SSSR count). The number of carbonyl (C=O) groups excluding carboxylic acids is 1. The molecular formula is C22H21N7O2. The molecule has 4 aromatic rings. The molecule has 5 heterocycles. The summed E-state index contributed by atoms with van der Waals surface area (Å²) in [6, 6.07) is 7.48. The van der Waals surface area contributed by atoms with Gasteiger partial charge in [0, 0.05) is 55.4 Å². The molecule has 0 radical (unpaired) electrons. The summed E-state index contributed by atoms with van der Waals surface area (Å²) in [6.45, 7) is 2.90. The van der Waals surface area contributed by atoms with E-state index in [2.05, 4.69) is 30.2 Å². The van der Waals surface area contributed by atoms with Crippen molar-refractivity contribution in [3.05, 3.63) is 60.3 Å². The number of pyridine rings is 3. The lowest BCUT2D eigenvalue weighted by Gasteiger charge is -2.27. The standard InChI is InChI=1S/C22H21N7O2/c1-28-14-20(26-27-28)19-9-16-8-18(24-12-17(16)13-25-19)11-21(30)15-2-3-23-22(10-15)29-4-6-31-7-5-29/h2-3,8-10,12-14H,4-7,11H2,1H3. The highest BCUT2D eigenvalue weighted by molar-refractivity contribution is 5.98. The smallest absolute Gasteiger partial charge is 0.169 e. The van der Waals surface area contributed by atoms with Crippen molar-refractivity contribution in [2.24, 2.45) is 7.05 Å². The number of morpholine rings is 1. The Hall–Kier alpha value is -3.72. The Morgan fingerprint density at radius 3 is 2.68 bits per heavy atom. The molecule has 1 fully saturated rings. The fourth-order valence-corrected chi connectivity index (χ4v) is 3.61. The van der Waals surface area contributed by atoms with E-state index in [9.17, 15) is 4.79 Å². The van der Waals surface area contributed by atoms with Crippen LogP contribution in [0.2, 0.25) is 0 Å². The maximum atomic E-state index is 12.9. The summed E-state index contributed by atoms with van der Waals surface area (Å²) in [7, 11) is 1.81. The maximum Gasteiger partial charge on any atom is 0.169 e. The van der Waals surface area contributed by atoms with Gasteiger partial charge in [-0.05, 0) is 29.7 Å². The predicted octanol–water partition coefficient (Wildman–Crippen LogP) is 2.08. The predicted molar refractivity (Wildman–Crippen MR) is 115 cm³/mol. The van der Waals surface area contributed by atoms with E-state index in [1.54, 1.807) is 29.3 Å². The van der Waals surface area contributed by atoms with Crippen molar-refractivity contribution >= 4 is 22.4 Å². The number of ether oxygens (including phenoxy) is 1. The molecule has 4 aromatic heterocycles. The Kier molecular flexibility index (Phi) is 5.09. The van der Waals surface area contributed by atoms with Gasteiger partial charge >= 0.3 is 0 Å². The van der Waals surface area contributed by atoms with Gasteiger partial charge in [0.15, 0.2) is 5.78 Å². The lowest BCUT2D eigenvalue weighted by molar-refractivity contribution is 0.0992. The van der Waals surface area contributed by atoms with Gasteiger partial charge in [0.1, 0.15) is 11.5 Å². The first-order valence-corrected chi connectivity index (χ1v) is 10.1. The molecule has 0 aromatic carbocycles. The highest BCUT2D eigenvalue weighted by Crippen LogP contribution is 2.21. The average molecular weight is 415 g/mol. The lowest BCUT2D eigenvalue weighted by atomic mass is 10.1. The van der Waals surface area contributed by atoms with Gasteiger partial charge in [-0.3, -0.25) is 19.4 Å². The minimum atomic E-state index is 0.00645. The van der Waals surface area contributed by atoms with E-state index >= 15 is 0 Å². The van der Waals surface area contributed by atoms with Gasteiger partial charge in [-0.15, -0.1) is 5.10 Å². The molecule has 156 valence electrons. The van der Waals surface area contributed by atoms with Crippen LogP contribution < -0.4 is 4.90 Å². The Morgan fingerprint density at radius 2 is 1.87 bits per heavy atom. The highest BCUT2D eigenvalue weighted by Gasteiger charge is 2.15. The zero-order valence-electron chi connectivity index (χ0n) is 17.1. The van der Waals surface area contributed by atoms with Crippen LogP contribution in [0.5, 0.6) is 0 Å². The third-order valence-electron chi connectivity index (χ3n) is 5.27. The summed E-state index contributed by atoms with van der Waals surface area (Å²) in [5.41, 5.74) is 2.77. The quantitative estimate of drug-likeness (QED) is 0.457. The van der Waals surface area contributed by atoms with Crippen LogP contribution in [0.4, 0.5) is 5.82 Å². The fraction of sp³-hybridized carbons (Fsp3) is 0.273. The molecule has 0 saturated carbocycles. The first-order valence-electron chi connectivity index (χ1n) is 10.1. The van der Waals surface area contributed by atoms with E-state index in [0.717, 1.165) is 35.4 Å². The first-order chi connectivity index (χ1) is 15.2. The summed E-state index contributed by atoms with van der Waals surface area (Å²) >= 11 is 0. The number of aromatic nitrogens is 6. The molecule has 31 heavy (non-hydrogen) atoms. The van der Waals surface area contributed by atoms with Gasteiger partial charge in [0.05, 0.1) is 31.5 Å². The van der Waals surface area contributed by atoms with E-state index in [-0.39, 0.29) is 12.2 Å². The zero-order chi connectivity index (χ0) is 21.2. The summed E-state index contributed by atoms with van der Waals surface area (Å²) in [5, 5.41) is 9.93. The summed E-state index contributed by atoms with van der Waals surface area (Å²) in [4.78, 5) is 28.4. The largest absolute Gasteiger partial charge is 0.378 e. The van der Waals surface area contributed by atoms with Crippen LogP contribution in [-0.4, -0.2) is 62.0 Å². The van der Waals surface area contributed by atoms with Crippen LogP contribution in [-0.2, 0) is 18.2 Å². The monoisotopic (exact) mass is 415 g/mol. The van der Waals surface area contributed by atoms with E-state index in [1.807, 2.05) is 31.4 Å². The van der Waals surface area contributed by atoms with Crippen LogP contribution in [0.3, 0.4) is 0 Å². The first kappa shape index (κ1) is 19.3. The highest BCUT2D eigenvalue weighted by atomic mass is 16.5. The van der Waals surface area contributed by atoms with Gasteiger partial charge in [-0.1, -0.05) is 5.21 Å². The Balaban J connectivity index is 1.37. The van der Waals surface area contributed by atoms with Crippen molar-refractivity contribution in [3.63, 3.8) is 0 Å². The van der Waals surface area contributed by atoms with E-state index in [4.69, 9.17) is 4.74 Å². The van der Waals surface area contributed by atoms with Gasteiger partial charge < -0.3 is 9.64 Å². The molecule has 1 saturated heterocycles. The number of rotatable bonds is 5. The molecule has 0 amide bonds. The Morgan fingerprint density at radius 1 is 1.03 bits per heavy atom. The number of hydrogen-bond donors (Lipinski definition) is 0. The number of nitrogens with zero attached hydrogens (tertiary/aromatic N) is 7. The SMILES string of the molecule is Cn1cc(-c2cc3cc(CC(=O)c4ccnc(N5CCOCC5)c4)ncc3cn2)nn1. The molecule has 0 aliphatic carbocycles. The summed E-state index contributed by atoms with van der Waals surface area (Å²) in [5.74, 6) is 0.812. The summed E-state index contributed by atoms with van der Waals surface area (Å²) < 4.78 is 7.03. The van der Waals surface area contributed by atoms with Crippen LogP contribution >= 0.6 is 0 Å². The maximum absolute atomic E-state index is 12.9. The van der Waals surface area contributed by atoms with Crippen molar-refractivity contribution in [1.82, 2.24) is 29.9 Å². The minimum Gasteiger partial charge on any atom is -0.378 e. The van der Waals surface area contributed by atoms with Crippen LogP contribution in [0.15, 0.2) is 49.1 Å². The second kappa shape index (κ2) is 8.19. The van der Waals surface area contributed by atoms with Crippen molar-refractivity contribution in [1.29, 1.82) is 0 Å². The van der Waals surface area contributed by atoms with Gasteiger partial charge in [-0.2, -0.15) is 0 Å². The Labute approximate surface area is 178 Å². The molecule has 0 spiro atoms. The number of hydrogen-bond acceptors (Lipinski definition) is 8. The lowest BCUT2D eigenvalue weighted by Crippen LogP contribution is -2.36. The number of anilines is 1. The van der Waals surface area contributed by atoms with E-state index in [0.29, 0.717) is 30.2 Å². The molecule has 1 aliphatic rings. The second-order valence-corrected chi connectivity index (χ2v) is 7.47. The number of Topliss-reactive ketones (excluding diaryl/α,β-unsaturated/α-hetero) is 1. The fourth-order valence-electron chi connectivity index (χ4n) is 3.61. The molecule has 9 nitrogen and oxygen atoms in total. The van der Waals surface area contributed by atoms with Crippen LogP contribution in [0.1, 0.15) is 16.1 Å². The van der Waals surface area contributed by atoms with Crippen molar-refractivity contribution in [2.75, 3.05) is 31.2 Å². The van der Waals surface area contributed by atoms with E-state index in [1.165, 1.54) is 0 Å². The third-order valence-corrected chi connectivity index (χ3v) is 5.27. The Bertz CT molecular complexity index is 1250. The van der Waals surface area contributed by atoms with Crippen molar-refractivity contribution < 1.29 is 9.53 Å². The molecule has 1 aliphatic heterocycles. The van der Waals surface area contributed by atoms with Gasteiger partial charge in [0.25, 0.3) is 0 Å². The third kappa shape index (κ3) is 4.13. The van der Waals surface area contributed by atoms with Crippen LogP contribution in [0, 0.1) is 0 Å². The topological polar surface area (TPSA) is 98.9 Å². The molecule has 0 bridgehead atoms. The molecule has 0 atom stereocenters. The molecule has 9 heteroatoms. The summed E-state index contributed by atoms with van der Waals surface area (Å²) in [6.07, 6.45) is 7.22. The minimum absolute atomic E-state index is 0.00645. The van der Waals surface area contributed by atoms with Crippen molar-refractivity contribution in [3.8, 4) is 11.4 Å². The zero-order valence-corrected chi connectivity index (χ0v) is 17.1. The molecule has 0 N–H and O–H groups in total. The van der Waals surface area contributed by atoms with Crippen LogP contribution in [0.25, 0.3) is 22.2 Å². The second-order valence-electron chi connectivity index (χ2n) is 7.47. The number of aryl methyl sites for hydroxylation is 1. The number of ketones is 1. The van der Waals surface area contributed by atoms with Gasteiger partial charge in [-0.25, -0.2) is 4.98 Å². The average Bonchev–Trinajstić information content (AvgIpc) is 3.25. The molecule has 0 unspecified atom stereocenters.